The zero-order valence-electron chi connectivity index (χ0n) is 13.4. The van der Waals surface area contributed by atoms with E-state index in [2.05, 4.69) is 0 Å². The lowest BCUT2D eigenvalue weighted by atomic mass is 10.0. The lowest BCUT2D eigenvalue weighted by molar-refractivity contribution is -0.583. The van der Waals surface area contributed by atoms with Crippen LogP contribution in [-0.4, -0.2) is 83.3 Å². The standard InChI is InChI=1S/C13H21NO11/c15-10(16)1-4-23-7-13(14(21)22,8-24-5-2-11(17)18)9-25-6-3-12(19)20/h1-9H2,(H,15,16)(H,17,18)(H,19,20). The molecule has 0 aliphatic heterocycles. The number of nitrogens with zero attached hydrogens (tertiary/aromatic N) is 1. The summed E-state index contributed by atoms with van der Waals surface area (Å²) in [5, 5.41) is 37.0. The number of rotatable bonds is 16. The summed E-state index contributed by atoms with van der Waals surface area (Å²) in [4.78, 5) is 42.0. The van der Waals surface area contributed by atoms with Crippen LogP contribution in [0.25, 0.3) is 0 Å². The molecule has 0 aromatic heterocycles. The molecule has 0 fully saturated rings. The smallest absolute Gasteiger partial charge is 0.305 e. The van der Waals surface area contributed by atoms with Crippen molar-refractivity contribution in [3.63, 3.8) is 0 Å². The average molecular weight is 367 g/mol. The van der Waals surface area contributed by atoms with Gasteiger partial charge in [0.2, 0.25) is 0 Å². The Morgan fingerprint density at radius 2 is 1.04 bits per heavy atom. The van der Waals surface area contributed by atoms with Crippen LogP contribution in [-0.2, 0) is 28.6 Å². The van der Waals surface area contributed by atoms with E-state index in [1.54, 1.807) is 0 Å². The Hall–Kier alpha value is -2.31. The van der Waals surface area contributed by atoms with Gasteiger partial charge in [-0.05, 0) is 0 Å². The van der Waals surface area contributed by atoms with E-state index in [0.717, 1.165) is 0 Å². The molecule has 0 aromatic rings. The molecule has 3 N–H and O–H groups in total. The van der Waals surface area contributed by atoms with Gasteiger partial charge in [0.25, 0.3) is 5.54 Å². The first-order valence-electron chi connectivity index (χ1n) is 7.23. The molecule has 0 spiro atoms. The minimum Gasteiger partial charge on any atom is -0.481 e. The third-order valence-corrected chi connectivity index (χ3v) is 2.88. The number of carboxylic acids is 3. The molecule has 0 rings (SSSR count). The Bertz CT molecular complexity index is 410. The molecule has 0 unspecified atom stereocenters. The second-order valence-electron chi connectivity index (χ2n) is 5.07. The van der Waals surface area contributed by atoms with E-state index in [1.165, 1.54) is 0 Å². The quantitative estimate of drug-likeness (QED) is 0.181. The van der Waals surface area contributed by atoms with Crippen LogP contribution in [0.15, 0.2) is 0 Å². The summed E-state index contributed by atoms with van der Waals surface area (Å²) in [6.07, 6.45) is -1.06. The van der Waals surface area contributed by atoms with Gasteiger partial charge in [0.15, 0.2) is 0 Å². The first-order valence-corrected chi connectivity index (χ1v) is 7.23. The largest absolute Gasteiger partial charge is 0.481 e. The predicted octanol–water partition coefficient (Wildman–Crippen LogP) is -0.524. The molecule has 0 amide bonds. The first-order chi connectivity index (χ1) is 11.7. The Kier molecular flexibility index (Phi) is 11.0. The van der Waals surface area contributed by atoms with Crippen molar-refractivity contribution in [1.82, 2.24) is 0 Å². The number of hydrogen-bond acceptors (Lipinski definition) is 8. The molecule has 0 saturated heterocycles. The number of carbonyl (C=O) groups is 3. The third kappa shape index (κ3) is 11.0. The van der Waals surface area contributed by atoms with Gasteiger partial charge in [-0.3, -0.25) is 24.5 Å². The SMILES string of the molecule is O=C(O)CCOCC(COCCC(=O)O)(COCCC(=O)O)[N+](=O)[O-]. The van der Waals surface area contributed by atoms with Crippen LogP contribution in [0.1, 0.15) is 19.3 Å². The Labute approximate surface area is 142 Å². The van der Waals surface area contributed by atoms with Crippen molar-refractivity contribution in [2.75, 3.05) is 39.6 Å². The van der Waals surface area contributed by atoms with Crippen molar-refractivity contribution in [2.45, 2.75) is 24.8 Å². The molecule has 0 heterocycles. The summed E-state index contributed by atoms with van der Waals surface area (Å²) in [6.45, 7) is -2.41. The monoisotopic (exact) mass is 367 g/mol. The van der Waals surface area contributed by atoms with E-state index in [4.69, 9.17) is 29.5 Å². The number of hydrogen-bond donors (Lipinski definition) is 3. The van der Waals surface area contributed by atoms with Crippen molar-refractivity contribution in [3.05, 3.63) is 10.1 Å². The number of nitro groups is 1. The maximum atomic E-state index is 11.4. The molecule has 0 aliphatic carbocycles. The third-order valence-electron chi connectivity index (χ3n) is 2.88. The molecule has 0 bridgehead atoms. The Morgan fingerprint density at radius 1 is 0.760 bits per heavy atom. The molecule has 25 heavy (non-hydrogen) atoms. The molecule has 0 aliphatic rings. The Balaban J connectivity index is 4.72. The second-order valence-corrected chi connectivity index (χ2v) is 5.07. The zero-order chi connectivity index (χ0) is 19.3. The first kappa shape index (κ1) is 22.7. The number of aliphatic carboxylic acids is 3. The van der Waals surface area contributed by atoms with Crippen LogP contribution in [0.3, 0.4) is 0 Å². The highest BCUT2D eigenvalue weighted by molar-refractivity contribution is 5.67. The zero-order valence-corrected chi connectivity index (χ0v) is 13.4. The van der Waals surface area contributed by atoms with Crippen molar-refractivity contribution in [2.24, 2.45) is 0 Å². The fraction of sp³-hybridized carbons (Fsp3) is 0.769. The highest BCUT2D eigenvalue weighted by atomic mass is 16.6. The summed E-state index contributed by atoms with van der Waals surface area (Å²) in [5.74, 6) is -3.41. The van der Waals surface area contributed by atoms with Gasteiger partial charge < -0.3 is 29.5 Å². The van der Waals surface area contributed by atoms with E-state index in [9.17, 15) is 24.5 Å². The summed E-state index contributed by atoms with van der Waals surface area (Å²) in [5.41, 5.74) is -1.91. The van der Waals surface area contributed by atoms with E-state index >= 15 is 0 Å². The number of carboxylic acid groups (broad SMARTS) is 3. The molecule has 144 valence electrons. The van der Waals surface area contributed by atoms with Crippen LogP contribution in [0, 0.1) is 10.1 Å². The summed E-state index contributed by atoms with van der Waals surface area (Å²) >= 11 is 0. The van der Waals surface area contributed by atoms with Gasteiger partial charge in [-0.15, -0.1) is 0 Å². The van der Waals surface area contributed by atoms with Gasteiger partial charge in [-0.25, -0.2) is 0 Å². The van der Waals surface area contributed by atoms with E-state index in [0.29, 0.717) is 0 Å². The lowest BCUT2D eigenvalue weighted by Crippen LogP contribution is -2.51. The van der Waals surface area contributed by atoms with Gasteiger partial charge in [-0.1, -0.05) is 0 Å². The van der Waals surface area contributed by atoms with Crippen LogP contribution in [0.5, 0.6) is 0 Å². The van der Waals surface area contributed by atoms with Crippen molar-refractivity contribution in [1.29, 1.82) is 0 Å². The number of ether oxygens (including phenoxy) is 3. The predicted molar refractivity (Wildman–Crippen MR) is 78.9 cm³/mol. The fourth-order valence-electron chi connectivity index (χ4n) is 1.55. The molecular formula is C13H21NO11. The van der Waals surface area contributed by atoms with Gasteiger partial charge in [0.1, 0.15) is 19.8 Å². The second kappa shape index (κ2) is 12.1. The lowest BCUT2D eigenvalue weighted by Gasteiger charge is -2.25. The average Bonchev–Trinajstić information content (AvgIpc) is 2.50. The van der Waals surface area contributed by atoms with E-state index in [-0.39, 0.29) is 39.1 Å². The van der Waals surface area contributed by atoms with Crippen LogP contribution >= 0.6 is 0 Å². The maximum absolute atomic E-state index is 11.4. The van der Waals surface area contributed by atoms with Crippen LogP contribution in [0.2, 0.25) is 0 Å². The van der Waals surface area contributed by atoms with Crippen LogP contribution in [0.4, 0.5) is 0 Å². The summed E-state index contributed by atoms with van der Waals surface area (Å²) < 4.78 is 15.0. The van der Waals surface area contributed by atoms with E-state index in [1.807, 2.05) is 0 Å². The molecule has 12 nitrogen and oxygen atoms in total. The topological polar surface area (TPSA) is 183 Å². The van der Waals surface area contributed by atoms with Crippen molar-refractivity contribution >= 4 is 17.9 Å². The molecule has 0 atom stereocenters. The highest BCUT2D eigenvalue weighted by Gasteiger charge is 2.44. The van der Waals surface area contributed by atoms with Gasteiger partial charge >= 0.3 is 17.9 Å². The minimum absolute atomic E-state index is 0.269. The van der Waals surface area contributed by atoms with Crippen LogP contribution < -0.4 is 0 Å². The van der Waals surface area contributed by atoms with E-state index < -0.39 is 48.2 Å². The van der Waals surface area contributed by atoms with Crippen molar-refractivity contribution in [3.8, 4) is 0 Å². The molecule has 0 aromatic carbocycles. The summed E-state index contributed by atoms with van der Waals surface area (Å²) in [7, 11) is 0. The minimum atomic E-state index is -1.91. The molecule has 0 radical (unpaired) electrons. The summed E-state index contributed by atoms with van der Waals surface area (Å²) in [6, 6.07) is 0. The van der Waals surface area contributed by atoms with Gasteiger partial charge in [-0.2, -0.15) is 0 Å². The Morgan fingerprint density at radius 3 is 1.24 bits per heavy atom. The fourth-order valence-corrected chi connectivity index (χ4v) is 1.55. The molecule has 12 heteroatoms. The molecular weight excluding hydrogens is 346 g/mol. The maximum Gasteiger partial charge on any atom is 0.305 e. The van der Waals surface area contributed by atoms with Crippen molar-refractivity contribution < 1.29 is 48.8 Å². The van der Waals surface area contributed by atoms with Gasteiger partial charge in [0, 0.05) is 4.92 Å². The highest BCUT2D eigenvalue weighted by Crippen LogP contribution is 2.14. The van der Waals surface area contributed by atoms with Gasteiger partial charge in [0.05, 0.1) is 39.1 Å². The molecule has 0 saturated carbocycles. The normalized spacial score (nSPS) is 11.2.